The van der Waals surface area contributed by atoms with Crippen LogP contribution >= 0.6 is 0 Å². The number of alkyl halides is 5. The Morgan fingerprint density at radius 2 is 1.89 bits per heavy atom. The van der Waals surface area contributed by atoms with E-state index in [1.54, 1.807) is 0 Å². The molecule has 0 aromatic rings. The van der Waals surface area contributed by atoms with Crippen LogP contribution in [0.25, 0.3) is 0 Å². The molecule has 0 aromatic carbocycles. The zero-order chi connectivity index (χ0) is 15.3. The number of hydrogen-bond acceptors (Lipinski definition) is 3. The highest BCUT2D eigenvalue weighted by atomic mass is 19.4. The number of rotatable bonds is 3. The zero-order valence-electron chi connectivity index (χ0n) is 9.72. The third-order valence-electron chi connectivity index (χ3n) is 3.07. The smallest absolute Gasteiger partial charge is 0.449 e. The van der Waals surface area contributed by atoms with Crippen molar-refractivity contribution in [3.8, 4) is 0 Å². The summed E-state index contributed by atoms with van der Waals surface area (Å²) in [4.78, 5) is 10.5. The third kappa shape index (κ3) is 2.10. The van der Waals surface area contributed by atoms with Crippen LogP contribution in [0.2, 0.25) is 0 Å². The third-order valence-corrected chi connectivity index (χ3v) is 3.07. The second-order valence-electron chi connectivity index (χ2n) is 4.65. The fourth-order valence-electron chi connectivity index (χ4n) is 1.82. The lowest BCUT2D eigenvalue weighted by atomic mass is 9.77. The highest BCUT2D eigenvalue weighted by Crippen LogP contribution is 2.58. The maximum absolute atomic E-state index is 13.8. The first-order chi connectivity index (χ1) is 8.28. The molecular formula is C10H11F5O4. The van der Waals surface area contributed by atoms with E-state index in [0.29, 0.717) is 6.92 Å². The first kappa shape index (κ1) is 15.8. The predicted molar refractivity (Wildman–Crippen MR) is 51.4 cm³/mol. The molecule has 0 aromatic heterocycles. The number of aliphatic carboxylic acids is 1. The lowest BCUT2D eigenvalue weighted by molar-refractivity contribution is -0.407. The molecule has 0 aliphatic carbocycles. The second kappa shape index (κ2) is 4.14. The molecule has 0 bridgehead atoms. The van der Waals surface area contributed by atoms with Crippen molar-refractivity contribution in [2.75, 3.05) is 6.61 Å². The molecule has 19 heavy (non-hydrogen) atoms. The fraction of sp³-hybridized carbons (Fsp3) is 0.700. The summed E-state index contributed by atoms with van der Waals surface area (Å²) in [5.74, 6) is -11.0. The van der Waals surface area contributed by atoms with Crippen LogP contribution in [0, 0.1) is 5.41 Å². The molecule has 4 nitrogen and oxygen atoms in total. The molecule has 0 saturated carbocycles. The highest BCUT2D eigenvalue weighted by molar-refractivity contribution is 5.85. The fourth-order valence-corrected chi connectivity index (χ4v) is 1.82. The number of halogens is 5. The molecule has 2 unspecified atom stereocenters. The summed E-state index contributed by atoms with van der Waals surface area (Å²) in [6.45, 7) is 2.54. The molecule has 9 heteroatoms. The van der Waals surface area contributed by atoms with Gasteiger partial charge in [0.2, 0.25) is 0 Å². The molecule has 1 rings (SSSR count). The quantitative estimate of drug-likeness (QED) is 0.616. The molecule has 2 N–H and O–H groups in total. The van der Waals surface area contributed by atoms with Gasteiger partial charge in [0.15, 0.2) is 0 Å². The van der Waals surface area contributed by atoms with Crippen molar-refractivity contribution in [2.45, 2.75) is 31.2 Å². The van der Waals surface area contributed by atoms with E-state index < -0.39 is 47.9 Å². The Bertz CT molecular complexity index is 419. The van der Waals surface area contributed by atoms with Gasteiger partial charge < -0.3 is 14.9 Å². The average Bonchev–Trinajstić information content (AvgIpc) is 2.39. The van der Waals surface area contributed by atoms with Gasteiger partial charge in [-0.05, 0) is 6.42 Å². The van der Waals surface area contributed by atoms with Gasteiger partial charge in [0.1, 0.15) is 0 Å². The minimum atomic E-state index is -5.71. The van der Waals surface area contributed by atoms with Gasteiger partial charge >= 0.3 is 23.9 Å². The largest absolute Gasteiger partial charge is 0.478 e. The Hall–Kier alpha value is -1.22. The van der Waals surface area contributed by atoms with Gasteiger partial charge in [-0.3, -0.25) is 0 Å². The molecule has 0 amide bonds. The SMILES string of the molecule is C=C(CC1(C)COC(O)(C(F)(F)F)C1(F)F)C(=O)O. The minimum Gasteiger partial charge on any atom is -0.478 e. The predicted octanol–water partition coefficient (Wildman–Crippen LogP) is 1.94. The second-order valence-corrected chi connectivity index (χ2v) is 4.65. The maximum atomic E-state index is 13.8. The van der Waals surface area contributed by atoms with Crippen LogP contribution in [0.4, 0.5) is 22.0 Å². The summed E-state index contributed by atoms with van der Waals surface area (Å²) >= 11 is 0. The Morgan fingerprint density at radius 3 is 2.21 bits per heavy atom. The van der Waals surface area contributed by atoms with E-state index in [1.807, 2.05) is 0 Å². The zero-order valence-corrected chi connectivity index (χ0v) is 9.72. The van der Waals surface area contributed by atoms with Crippen molar-refractivity contribution >= 4 is 5.97 Å². The first-order valence-electron chi connectivity index (χ1n) is 5.00. The molecule has 110 valence electrons. The van der Waals surface area contributed by atoms with Gasteiger partial charge in [0.05, 0.1) is 12.0 Å². The molecule has 1 aliphatic rings. The number of ether oxygens (including phenoxy) is 1. The van der Waals surface area contributed by atoms with E-state index in [0.717, 1.165) is 0 Å². The first-order valence-corrected chi connectivity index (χ1v) is 5.00. The summed E-state index contributed by atoms with van der Waals surface area (Å²) in [5.41, 5.74) is -3.22. The van der Waals surface area contributed by atoms with Crippen molar-refractivity contribution < 1.29 is 41.7 Å². The van der Waals surface area contributed by atoms with Crippen molar-refractivity contribution in [2.24, 2.45) is 5.41 Å². The van der Waals surface area contributed by atoms with Crippen molar-refractivity contribution in [3.05, 3.63) is 12.2 Å². The monoisotopic (exact) mass is 290 g/mol. The molecule has 1 heterocycles. The van der Waals surface area contributed by atoms with Crippen LogP contribution in [-0.2, 0) is 9.53 Å². The number of carboxylic acid groups (broad SMARTS) is 1. The van der Waals surface area contributed by atoms with Gasteiger partial charge in [-0.1, -0.05) is 13.5 Å². The van der Waals surface area contributed by atoms with E-state index in [4.69, 9.17) is 10.2 Å². The van der Waals surface area contributed by atoms with Crippen LogP contribution in [0.3, 0.4) is 0 Å². The Balaban J connectivity index is 3.15. The molecule has 1 saturated heterocycles. The van der Waals surface area contributed by atoms with Crippen molar-refractivity contribution in [1.29, 1.82) is 0 Å². The standard InChI is InChI=1S/C10H11F5O4/c1-5(6(16)17)3-7(2)4-19-9(18,8(7,11)12)10(13,14)15/h18H,1,3-4H2,2H3,(H,16,17). The molecular weight excluding hydrogens is 279 g/mol. The highest BCUT2D eigenvalue weighted by Gasteiger charge is 2.80. The van der Waals surface area contributed by atoms with Crippen LogP contribution < -0.4 is 0 Å². The lowest BCUT2D eigenvalue weighted by Crippen LogP contribution is -2.60. The number of carboxylic acids is 1. The molecule has 2 atom stereocenters. The number of carbonyl (C=O) groups is 1. The van der Waals surface area contributed by atoms with Crippen molar-refractivity contribution in [3.63, 3.8) is 0 Å². The van der Waals surface area contributed by atoms with E-state index in [9.17, 15) is 26.7 Å². The molecule has 1 fully saturated rings. The topological polar surface area (TPSA) is 66.8 Å². The summed E-state index contributed by atoms with van der Waals surface area (Å²) < 4.78 is 69.0. The van der Waals surface area contributed by atoms with Gasteiger partial charge in [0.25, 0.3) is 0 Å². The van der Waals surface area contributed by atoms with E-state index in [-0.39, 0.29) is 0 Å². The normalized spacial score (nSPS) is 34.3. The summed E-state index contributed by atoms with van der Waals surface area (Å²) in [6, 6.07) is 0. The molecule has 0 spiro atoms. The van der Waals surface area contributed by atoms with E-state index in [2.05, 4.69) is 11.3 Å². The van der Waals surface area contributed by atoms with Crippen LogP contribution in [0.15, 0.2) is 12.2 Å². The van der Waals surface area contributed by atoms with E-state index >= 15 is 0 Å². The Morgan fingerprint density at radius 1 is 1.42 bits per heavy atom. The van der Waals surface area contributed by atoms with Gasteiger partial charge in [-0.25, -0.2) is 4.79 Å². The molecule has 1 aliphatic heterocycles. The average molecular weight is 290 g/mol. The number of hydrogen-bond donors (Lipinski definition) is 2. The van der Waals surface area contributed by atoms with Gasteiger partial charge in [-0.15, -0.1) is 0 Å². The summed E-state index contributed by atoms with van der Waals surface area (Å²) in [5, 5.41) is 17.6. The van der Waals surface area contributed by atoms with E-state index in [1.165, 1.54) is 0 Å². The minimum absolute atomic E-state index is 0.697. The molecule has 0 radical (unpaired) electrons. The van der Waals surface area contributed by atoms with Crippen LogP contribution in [0.1, 0.15) is 13.3 Å². The van der Waals surface area contributed by atoms with Crippen molar-refractivity contribution in [1.82, 2.24) is 0 Å². The van der Waals surface area contributed by atoms with Crippen LogP contribution in [-0.4, -0.2) is 40.7 Å². The summed E-state index contributed by atoms with van der Waals surface area (Å²) in [7, 11) is 0. The Kier molecular flexibility index (Phi) is 3.45. The lowest BCUT2D eigenvalue weighted by Gasteiger charge is -2.36. The van der Waals surface area contributed by atoms with Crippen LogP contribution in [0.5, 0.6) is 0 Å². The van der Waals surface area contributed by atoms with Gasteiger partial charge in [0, 0.05) is 5.57 Å². The Labute approximate surface area is 104 Å². The number of aliphatic hydroxyl groups is 1. The summed E-state index contributed by atoms with van der Waals surface area (Å²) in [6.07, 6.45) is -6.66. The maximum Gasteiger partial charge on any atom is 0.449 e. The van der Waals surface area contributed by atoms with Gasteiger partial charge in [-0.2, -0.15) is 22.0 Å².